The van der Waals surface area contributed by atoms with E-state index >= 15 is 0 Å². The zero-order chi connectivity index (χ0) is 20.8. The maximum atomic E-state index is 12.4. The van der Waals surface area contributed by atoms with Crippen LogP contribution in [0.2, 0.25) is 0 Å². The van der Waals surface area contributed by atoms with E-state index < -0.39 is 6.03 Å². The molecule has 2 N–H and O–H groups in total. The van der Waals surface area contributed by atoms with E-state index in [2.05, 4.69) is 10.6 Å². The topological polar surface area (TPSA) is 89.1 Å². The van der Waals surface area contributed by atoms with Crippen molar-refractivity contribution in [2.24, 2.45) is 0 Å². The number of ether oxygens (including phenoxy) is 3. The van der Waals surface area contributed by atoms with Gasteiger partial charge in [0, 0.05) is 36.8 Å². The highest BCUT2D eigenvalue weighted by Gasteiger charge is 2.23. The van der Waals surface area contributed by atoms with E-state index in [1.807, 2.05) is 18.2 Å². The number of aryl methyl sites for hydroxylation is 1. The van der Waals surface area contributed by atoms with Gasteiger partial charge in [-0.25, -0.2) is 4.79 Å². The number of nitrogens with zero attached hydrogens (tertiary/aromatic N) is 1. The Morgan fingerprint density at radius 2 is 1.66 bits per heavy atom. The van der Waals surface area contributed by atoms with Gasteiger partial charge in [-0.05, 0) is 42.7 Å². The maximum Gasteiger partial charge on any atom is 0.323 e. The lowest BCUT2D eigenvalue weighted by atomic mass is 10.0. The molecule has 0 unspecified atom stereocenters. The number of carbonyl (C=O) groups excluding carboxylic acids is 2. The second kappa shape index (κ2) is 9.29. The molecule has 1 aliphatic rings. The van der Waals surface area contributed by atoms with E-state index in [4.69, 9.17) is 14.2 Å². The van der Waals surface area contributed by atoms with Gasteiger partial charge in [0.05, 0.1) is 14.2 Å². The highest BCUT2D eigenvalue weighted by Crippen LogP contribution is 2.31. The Balaban J connectivity index is 1.73. The molecule has 0 radical (unpaired) electrons. The molecule has 0 saturated carbocycles. The molecule has 1 heterocycles. The number of anilines is 3. The summed E-state index contributed by atoms with van der Waals surface area (Å²) in [6.07, 6.45) is 1.79. The minimum absolute atomic E-state index is 0.0247. The van der Waals surface area contributed by atoms with Crippen molar-refractivity contribution in [2.45, 2.75) is 12.8 Å². The van der Waals surface area contributed by atoms with Crippen molar-refractivity contribution < 1.29 is 23.8 Å². The Hall–Kier alpha value is -3.26. The minimum Gasteiger partial charge on any atom is -0.493 e. The van der Waals surface area contributed by atoms with Crippen LogP contribution in [0.4, 0.5) is 21.9 Å². The Morgan fingerprint density at radius 1 is 0.966 bits per heavy atom. The molecule has 3 rings (SSSR count). The predicted octanol–water partition coefficient (Wildman–Crippen LogP) is 3.27. The third-order valence-electron chi connectivity index (χ3n) is 4.67. The van der Waals surface area contributed by atoms with Crippen molar-refractivity contribution in [1.82, 2.24) is 0 Å². The second-order valence-electron chi connectivity index (χ2n) is 6.57. The summed E-state index contributed by atoms with van der Waals surface area (Å²) in [5.41, 5.74) is 3.04. The Morgan fingerprint density at radius 3 is 2.34 bits per heavy atom. The monoisotopic (exact) mass is 399 g/mol. The first kappa shape index (κ1) is 20.5. The molecule has 0 saturated heterocycles. The molecule has 2 aromatic rings. The molecule has 8 heteroatoms. The van der Waals surface area contributed by atoms with Gasteiger partial charge in [0.15, 0.2) is 11.5 Å². The molecule has 0 fully saturated rings. The van der Waals surface area contributed by atoms with Crippen LogP contribution in [0.5, 0.6) is 11.5 Å². The first-order valence-corrected chi connectivity index (χ1v) is 9.28. The fourth-order valence-corrected chi connectivity index (χ4v) is 3.32. The van der Waals surface area contributed by atoms with Gasteiger partial charge in [0.2, 0.25) is 0 Å². The maximum absolute atomic E-state index is 12.4. The van der Waals surface area contributed by atoms with Crippen molar-refractivity contribution in [1.29, 1.82) is 0 Å². The average Bonchev–Trinajstić information content (AvgIpc) is 2.73. The molecule has 3 amide bonds. The van der Waals surface area contributed by atoms with E-state index in [-0.39, 0.29) is 12.5 Å². The van der Waals surface area contributed by atoms with Crippen LogP contribution < -0.4 is 25.0 Å². The zero-order valence-corrected chi connectivity index (χ0v) is 16.8. The second-order valence-corrected chi connectivity index (χ2v) is 6.57. The van der Waals surface area contributed by atoms with Crippen molar-refractivity contribution in [2.75, 3.05) is 50.0 Å². The van der Waals surface area contributed by atoms with Crippen molar-refractivity contribution in [3.8, 4) is 11.5 Å². The minimum atomic E-state index is -0.400. The van der Waals surface area contributed by atoms with Gasteiger partial charge in [-0.3, -0.25) is 4.79 Å². The number of methoxy groups -OCH3 is 3. The number of fused-ring (bicyclic) bond motifs is 1. The standard InChI is InChI=1S/C21H25N3O5/c1-27-13-20(25)24-10-4-5-14-6-7-15(11-17(14)24)22-21(26)23-16-8-9-18(28-2)19(12-16)29-3/h6-9,11-12H,4-5,10,13H2,1-3H3,(H2,22,23,26). The molecule has 2 aromatic carbocycles. The molecule has 0 spiro atoms. The zero-order valence-electron chi connectivity index (χ0n) is 16.8. The van der Waals surface area contributed by atoms with E-state index in [1.165, 1.54) is 14.2 Å². The largest absolute Gasteiger partial charge is 0.493 e. The summed E-state index contributed by atoms with van der Waals surface area (Å²) in [4.78, 5) is 26.5. The van der Waals surface area contributed by atoms with Crippen LogP contribution in [0.15, 0.2) is 36.4 Å². The predicted molar refractivity (Wildman–Crippen MR) is 111 cm³/mol. The molecule has 0 atom stereocenters. The van der Waals surface area contributed by atoms with Gasteiger partial charge in [-0.1, -0.05) is 6.07 Å². The van der Waals surface area contributed by atoms with Crippen LogP contribution in [-0.4, -0.2) is 46.4 Å². The third kappa shape index (κ3) is 4.78. The molecule has 0 aromatic heterocycles. The van der Waals surface area contributed by atoms with Crippen molar-refractivity contribution in [3.63, 3.8) is 0 Å². The van der Waals surface area contributed by atoms with Gasteiger partial charge < -0.3 is 29.7 Å². The molecule has 154 valence electrons. The smallest absolute Gasteiger partial charge is 0.323 e. The fraction of sp³-hybridized carbons (Fsp3) is 0.333. The number of urea groups is 1. The summed E-state index contributed by atoms with van der Waals surface area (Å²) < 4.78 is 15.4. The molecular weight excluding hydrogens is 374 g/mol. The van der Waals surface area contributed by atoms with Crippen LogP contribution >= 0.6 is 0 Å². The van der Waals surface area contributed by atoms with E-state index in [9.17, 15) is 9.59 Å². The number of hydrogen-bond acceptors (Lipinski definition) is 5. The molecule has 0 bridgehead atoms. The van der Waals surface area contributed by atoms with Crippen LogP contribution in [0.1, 0.15) is 12.0 Å². The Kier molecular flexibility index (Phi) is 6.56. The molecule has 29 heavy (non-hydrogen) atoms. The number of hydrogen-bond donors (Lipinski definition) is 2. The molecule has 8 nitrogen and oxygen atoms in total. The fourth-order valence-electron chi connectivity index (χ4n) is 3.32. The summed E-state index contributed by atoms with van der Waals surface area (Å²) >= 11 is 0. The number of benzene rings is 2. The Bertz CT molecular complexity index is 900. The van der Waals surface area contributed by atoms with Gasteiger partial charge >= 0.3 is 6.03 Å². The van der Waals surface area contributed by atoms with Crippen molar-refractivity contribution >= 4 is 29.0 Å². The first-order chi connectivity index (χ1) is 14.0. The quantitative estimate of drug-likeness (QED) is 0.778. The lowest BCUT2D eigenvalue weighted by molar-refractivity contribution is -0.122. The molecule has 0 aliphatic carbocycles. The lowest BCUT2D eigenvalue weighted by Gasteiger charge is -2.29. The average molecular weight is 399 g/mol. The van der Waals surface area contributed by atoms with Gasteiger partial charge in [0.1, 0.15) is 6.61 Å². The summed E-state index contributed by atoms with van der Waals surface area (Å²) in [7, 11) is 4.58. The van der Waals surface area contributed by atoms with Gasteiger partial charge in [-0.15, -0.1) is 0 Å². The highest BCUT2D eigenvalue weighted by molar-refractivity contribution is 6.01. The number of carbonyl (C=O) groups is 2. The number of rotatable bonds is 6. The molecule has 1 aliphatic heterocycles. The number of amides is 3. The van der Waals surface area contributed by atoms with E-state index in [1.54, 1.807) is 30.2 Å². The van der Waals surface area contributed by atoms with Crippen LogP contribution in [0, 0.1) is 0 Å². The summed E-state index contributed by atoms with van der Waals surface area (Å²) in [6, 6.07) is 10.3. The SMILES string of the molecule is COCC(=O)N1CCCc2ccc(NC(=O)Nc3ccc(OC)c(OC)c3)cc21. The van der Waals surface area contributed by atoms with Crippen LogP contribution in [0.25, 0.3) is 0 Å². The van der Waals surface area contributed by atoms with E-state index in [0.29, 0.717) is 29.4 Å². The molecular formula is C21H25N3O5. The first-order valence-electron chi connectivity index (χ1n) is 9.28. The lowest BCUT2D eigenvalue weighted by Crippen LogP contribution is -2.37. The highest BCUT2D eigenvalue weighted by atomic mass is 16.5. The third-order valence-corrected chi connectivity index (χ3v) is 4.67. The van der Waals surface area contributed by atoms with Gasteiger partial charge in [-0.2, -0.15) is 0 Å². The van der Waals surface area contributed by atoms with E-state index in [0.717, 1.165) is 24.1 Å². The summed E-state index contributed by atoms with van der Waals surface area (Å²) in [6.45, 7) is 0.660. The van der Waals surface area contributed by atoms with Crippen molar-refractivity contribution in [3.05, 3.63) is 42.0 Å². The number of nitrogens with one attached hydrogen (secondary N) is 2. The van der Waals surface area contributed by atoms with Crippen LogP contribution in [0.3, 0.4) is 0 Å². The van der Waals surface area contributed by atoms with Gasteiger partial charge in [0.25, 0.3) is 5.91 Å². The normalized spacial score (nSPS) is 12.7. The summed E-state index contributed by atoms with van der Waals surface area (Å²) in [5, 5.41) is 5.57. The van der Waals surface area contributed by atoms with Crippen LogP contribution in [-0.2, 0) is 16.0 Å². The Labute approximate surface area is 169 Å². The summed E-state index contributed by atoms with van der Waals surface area (Å²) in [5.74, 6) is 1.00.